The van der Waals surface area contributed by atoms with Gasteiger partial charge in [0.15, 0.2) is 10.9 Å². The number of hydrogen-bond donors (Lipinski definition) is 2. The monoisotopic (exact) mass is 365 g/mol. The molecule has 1 aromatic carbocycles. The average Bonchev–Trinajstić information content (AvgIpc) is 3.12. The van der Waals surface area contributed by atoms with Crippen LogP contribution in [0.25, 0.3) is 32.5 Å². The first-order valence-electron chi connectivity index (χ1n) is 6.98. The molecule has 122 valence electrons. The zero-order chi connectivity index (χ0) is 17.0. The molecule has 1 unspecified atom stereocenters. The lowest BCUT2D eigenvalue weighted by Crippen LogP contribution is -1.98. The third-order valence-electron chi connectivity index (χ3n) is 3.75. The van der Waals surface area contributed by atoms with E-state index in [1.807, 2.05) is 0 Å². The van der Waals surface area contributed by atoms with Crippen LogP contribution >= 0.6 is 22.9 Å². The first-order valence-corrected chi connectivity index (χ1v) is 8.18. The maximum Gasteiger partial charge on any atom is 0.182 e. The van der Waals surface area contributed by atoms with Gasteiger partial charge in [-0.3, -0.25) is 5.10 Å². The fourth-order valence-electron chi connectivity index (χ4n) is 2.73. The zero-order valence-electron chi connectivity index (χ0n) is 12.3. The van der Waals surface area contributed by atoms with Crippen LogP contribution in [0.5, 0.6) is 0 Å². The lowest BCUT2D eigenvalue weighted by molar-refractivity contribution is 0.364. The first-order chi connectivity index (χ1) is 11.5. The molecule has 0 aliphatic heterocycles. The van der Waals surface area contributed by atoms with Crippen LogP contribution in [0.1, 0.15) is 18.7 Å². The molecule has 4 aromatic rings. The van der Waals surface area contributed by atoms with Gasteiger partial charge in [-0.1, -0.05) is 22.9 Å². The number of aromatic nitrogens is 4. The van der Waals surface area contributed by atoms with Crippen LogP contribution in [-0.2, 0) is 0 Å². The van der Waals surface area contributed by atoms with Crippen molar-refractivity contribution in [2.75, 3.05) is 5.73 Å². The third-order valence-corrected chi connectivity index (χ3v) is 4.90. The minimum absolute atomic E-state index is 0.139. The summed E-state index contributed by atoms with van der Waals surface area (Å²) < 4.78 is 28.5. The van der Waals surface area contributed by atoms with Crippen molar-refractivity contribution in [3.8, 4) is 11.3 Å². The lowest BCUT2D eigenvalue weighted by atomic mass is 10.00. The molecule has 3 heterocycles. The van der Waals surface area contributed by atoms with Crippen LogP contribution in [0.3, 0.4) is 0 Å². The number of benzene rings is 1. The fourth-order valence-corrected chi connectivity index (χ4v) is 3.74. The number of H-pyrrole nitrogens is 1. The van der Waals surface area contributed by atoms with Gasteiger partial charge in [0.05, 0.1) is 22.4 Å². The van der Waals surface area contributed by atoms with E-state index in [0.717, 1.165) is 0 Å². The highest BCUT2D eigenvalue weighted by Crippen LogP contribution is 2.41. The second kappa shape index (κ2) is 5.35. The van der Waals surface area contributed by atoms with Gasteiger partial charge < -0.3 is 5.73 Å². The minimum atomic E-state index is -1.53. The second-order valence-corrected chi connectivity index (χ2v) is 6.65. The molecular formula is C15H10ClF2N5S. The van der Waals surface area contributed by atoms with E-state index in [0.29, 0.717) is 32.1 Å². The Morgan fingerprint density at radius 3 is 2.88 bits per heavy atom. The van der Waals surface area contributed by atoms with Crippen LogP contribution in [0.2, 0.25) is 5.02 Å². The number of halogens is 3. The standard InChI is InChI=1S/C15H10ClF2N5S/c1-5(17)9-12(18)11(16)10(6-4-20-23-13(6)9)7-2-3-8-14(21-7)24-15(19)22-8/h2-5H,1H3,(H2,19,22)(H,20,23). The smallest absolute Gasteiger partial charge is 0.182 e. The molecule has 0 saturated carbocycles. The minimum Gasteiger partial charge on any atom is -0.375 e. The number of hydrogen-bond acceptors (Lipinski definition) is 5. The fraction of sp³-hybridized carbons (Fsp3) is 0.133. The van der Waals surface area contributed by atoms with Crippen molar-refractivity contribution in [3.63, 3.8) is 0 Å². The molecule has 0 aliphatic rings. The van der Waals surface area contributed by atoms with Crippen molar-refractivity contribution >= 4 is 49.3 Å². The molecule has 0 bridgehead atoms. The predicted octanol–water partition coefficient (Wildman–Crippen LogP) is 4.64. The molecule has 5 nitrogen and oxygen atoms in total. The van der Waals surface area contributed by atoms with Gasteiger partial charge in [-0.15, -0.1) is 0 Å². The van der Waals surface area contributed by atoms with Gasteiger partial charge in [-0.05, 0) is 19.1 Å². The Balaban J connectivity index is 2.07. The summed E-state index contributed by atoms with van der Waals surface area (Å²) in [7, 11) is 0. The number of nitrogens with two attached hydrogens (primary N) is 1. The van der Waals surface area contributed by atoms with Crippen LogP contribution in [0.15, 0.2) is 18.3 Å². The van der Waals surface area contributed by atoms with E-state index in [2.05, 4.69) is 20.2 Å². The molecule has 1 atom stereocenters. The molecule has 0 saturated heterocycles. The molecule has 0 spiro atoms. The summed E-state index contributed by atoms with van der Waals surface area (Å²) in [5, 5.41) is 7.26. The summed E-state index contributed by atoms with van der Waals surface area (Å²) in [6.45, 7) is 1.25. The highest BCUT2D eigenvalue weighted by atomic mass is 35.5. The van der Waals surface area contributed by atoms with E-state index in [1.54, 1.807) is 12.1 Å². The molecule has 3 aromatic heterocycles. The van der Waals surface area contributed by atoms with Crippen molar-refractivity contribution in [2.45, 2.75) is 13.1 Å². The van der Waals surface area contributed by atoms with Crippen molar-refractivity contribution in [3.05, 3.63) is 34.7 Å². The Morgan fingerprint density at radius 2 is 2.12 bits per heavy atom. The SMILES string of the molecule is CC(F)c1c(F)c(Cl)c(-c2ccc3nc(N)sc3n2)c2cn[nH]c12. The number of nitrogens with zero attached hydrogens (tertiary/aromatic N) is 3. The van der Waals surface area contributed by atoms with E-state index >= 15 is 0 Å². The summed E-state index contributed by atoms with van der Waals surface area (Å²) in [6, 6.07) is 3.41. The number of anilines is 1. The lowest BCUT2D eigenvalue weighted by Gasteiger charge is -2.12. The van der Waals surface area contributed by atoms with Gasteiger partial charge in [0.1, 0.15) is 16.5 Å². The van der Waals surface area contributed by atoms with Crippen LogP contribution in [-0.4, -0.2) is 20.2 Å². The van der Waals surface area contributed by atoms with Gasteiger partial charge in [-0.2, -0.15) is 5.10 Å². The van der Waals surface area contributed by atoms with Crippen LogP contribution in [0.4, 0.5) is 13.9 Å². The molecule has 9 heteroatoms. The summed E-state index contributed by atoms with van der Waals surface area (Å²) in [5.41, 5.74) is 7.27. The molecule has 0 aliphatic carbocycles. The van der Waals surface area contributed by atoms with Gasteiger partial charge >= 0.3 is 0 Å². The topological polar surface area (TPSA) is 80.5 Å². The largest absolute Gasteiger partial charge is 0.375 e. The van der Waals surface area contributed by atoms with Crippen molar-refractivity contribution in [2.24, 2.45) is 0 Å². The molecule has 0 radical (unpaired) electrons. The van der Waals surface area contributed by atoms with Gasteiger partial charge in [-0.25, -0.2) is 18.7 Å². The van der Waals surface area contributed by atoms with Crippen LogP contribution in [0, 0.1) is 5.82 Å². The number of alkyl halides is 1. The molecule has 4 rings (SSSR count). The molecule has 0 amide bonds. The normalized spacial score (nSPS) is 13.0. The number of nitrogens with one attached hydrogen (secondary N) is 1. The van der Waals surface area contributed by atoms with E-state index in [1.165, 1.54) is 24.5 Å². The second-order valence-electron chi connectivity index (χ2n) is 5.26. The third kappa shape index (κ3) is 2.14. The van der Waals surface area contributed by atoms with E-state index < -0.39 is 12.0 Å². The van der Waals surface area contributed by atoms with Crippen LogP contribution < -0.4 is 5.73 Å². The maximum atomic E-state index is 14.6. The van der Waals surface area contributed by atoms with E-state index in [-0.39, 0.29) is 16.1 Å². The number of nitrogen functional groups attached to an aromatic ring is 1. The average molecular weight is 366 g/mol. The molecule has 24 heavy (non-hydrogen) atoms. The summed E-state index contributed by atoms with van der Waals surface area (Å²) in [5.74, 6) is -0.816. The maximum absolute atomic E-state index is 14.6. The summed E-state index contributed by atoms with van der Waals surface area (Å²) in [6.07, 6.45) is -0.0503. The van der Waals surface area contributed by atoms with Crippen molar-refractivity contribution in [1.29, 1.82) is 0 Å². The molecule has 3 N–H and O–H groups in total. The number of aromatic amines is 1. The highest BCUT2D eigenvalue weighted by Gasteiger charge is 2.25. The number of pyridine rings is 1. The number of rotatable bonds is 2. The molecular weight excluding hydrogens is 356 g/mol. The predicted molar refractivity (Wildman–Crippen MR) is 91.4 cm³/mol. The number of fused-ring (bicyclic) bond motifs is 2. The molecule has 0 fully saturated rings. The Morgan fingerprint density at radius 1 is 1.33 bits per heavy atom. The zero-order valence-corrected chi connectivity index (χ0v) is 13.8. The van der Waals surface area contributed by atoms with E-state index in [4.69, 9.17) is 17.3 Å². The Labute approximate surface area is 143 Å². The van der Waals surface area contributed by atoms with Gasteiger partial charge in [0.2, 0.25) is 0 Å². The van der Waals surface area contributed by atoms with Gasteiger partial charge in [0, 0.05) is 16.5 Å². The van der Waals surface area contributed by atoms with Crippen molar-refractivity contribution in [1.82, 2.24) is 20.2 Å². The highest BCUT2D eigenvalue weighted by molar-refractivity contribution is 7.21. The Kier molecular flexibility index (Phi) is 3.40. The van der Waals surface area contributed by atoms with E-state index in [9.17, 15) is 8.78 Å². The summed E-state index contributed by atoms with van der Waals surface area (Å²) >= 11 is 7.43. The summed E-state index contributed by atoms with van der Waals surface area (Å²) in [4.78, 5) is 9.21. The van der Waals surface area contributed by atoms with Crippen molar-refractivity contribution < 1.29 is 8.78 Å². The first kappa shape index (κ1) is 15.2. The Bertz CT molecular complexity index is 1090. The number of thiazole rings is 1. The quantitative estimate of drug-likeness (QED) is 0.542. The Hall–Kier alpha value is -2.32. The van der Waals surface area contributed by atoms with Gasteiger partial charge in [0.25, 0.3) is 0 Å².